The smallest absolute Gasteiger partial charge is 0.307 e. The van der Waals surface area contributed by atoms with Gasteiger partial charge in [-0.05, 0) is 12.3 Å². The number of carboxylic acids is 1. The Morgan fingerprint density at radius 2 is 2.00 bits per heavy atom. The molecule has 0 aromatic carbocycles. The fourth-order valence-electron chi connectivity index (χ4n) is 1.46. The van der Waals surface area contributed by atoms with E-state index in [0.29, 0.717) is 5.92 Å². The standard InChI is InChI=1S/C10H21NO2/c1-4-5-7(2)6-9(11)8(3)10(12)13/h7-9H,4-6,11H2,1-3H3,(H,12,13)/t7-,8?,9?/m1/s1. The van der Waals surface area contributed by atoms with E-state index in [1.165, 1.54) is 0 Å². The van der Waals surface area contributed by atoms with Crippen LogP contribution in [0.3, 0.4) is 0 Å². The van der Waals surface area contributed by atoms with E-state index in [0.717, 1.165) is 19.3 Å². The number of nitrogens with two attached hydrogens (primary N) is 1. The lowest BCUT2D eigenvalue weighted by Crippen LogP contribution is -2.34. The molecule has 78 valence electrons. The van der Waals surface area contributed by atoms with E-state index in [1.54, 1.807) is 6.92 Å². The molecule has 0 saturated heterocycles. The van der Waals surface area contributed by atoms with Crippen molar-refractivity contribution in [2.75, 3.05) is 0 Å². The maximum atomic E-state index is 10.6. The van der Waals surface area contributed by atoms with Gasteiger partial charge in [-0.1, -0.05) is 33.6 Å². The van der Waals surface area contributed by atoms with Crippen molar-refractivity contribution in [2.45, 2.75) is 46.1 Å². The first kappa shape index (κ1) is 12.4. The Hall–Kier alpha value is -0.570. The van der Waals surface area contributed by atoms with Gasteiger partial charge >= 0.3 is 5.97 Å². The summed E-state index contributed by atoms with van der Waals surface area (Å²) in [5.74, 6) is -0.697. The van der Waals surface area contributed by atoms with Crippen LogP contribution in [0.15, 0.2) is 0 Å². The van der Waals surface area contributed by atoms with Crippen LogP contribution in [-0.2, 0) is 4.79 Å². The lowest BCUT2D eigenvalue weighted by atomic mass is 9.91. The molecule has 0 heterocycles. The van der Waals surface area contributed by atoms with Gasteiger partial charge in [0.25, 0.3) is 0 Å². The van der Waals surface area contributed by atoms with Gasteiger partial charge in [-0.2, -0.15) is 0 Å². The van der Waals surface area contributed by atoms with Gasteiger partial charge in [-0.15, -0.1) is 0 Å². The highest BCUT2D eigenvalue weighted by Gasteiger charge is 2.21. The van der Waals surface area contributed by atoms with Crippen LogP contribution >= 0.6 is 0 Å². The Kier molecular flexibility index (Phi) is 5.71. The van der Waals surface area contributed by atoms with Crippen LogP contribution in [0, 0.1) is 11.8 Å². The van der Waals surface area contributed by atoms with Crippen molar-refractivity contribution < 1.29 is 9.90 Å². The summed E-state index contributed by atoms with van der Waals surface area (Å²) in [5.41, 5.74) is 5.77. The molecule has 3 N–H and O–H groups in total. The molecule has 0 aromatic heterocycles. The van der Waals surface area contributed by atoms with Gasteiger partial charge in [0.1, 0.15) is 0 Å². The van der Waals surface area contributed by atoms with Gasteiger partial charge in [0, 0.05) is 6.04 Å². The monoisotopic (exact) mass is 187 g/mol. The molecule has 0 saturated carbocycles. The Morgan fingerprint density at radius 1 is 1.46 bits per heavy atom. The molecule has 3 heteroatoms. The molecule has 0 aliphatic rings. The molecule has 3 atom stereocenters. The number of aliphatic carboxylic acids is 1. The molecular formula is C10H21NO2. The summed E-state index contributed by atoms with van der Waals surface area (Å²) in [6.45, 7) is 5.92. The summed E-state index contributed by atoms with van der Waals surface area (Å²) in [6.07, 6.45) is 3.07. The highest BCUT2D eigenvalue weighted by atomic mass is 16.4. The van der Waals surface area contributed by atoms with E-state index >= 15 is 0 Å². The molecule has 0 radical (unpaired) electrons. The molecule has 0 bridgehead atoms. The Morgan fingerprint density at radius 3 is 2.38 bits per heavy atom. The second-order valence-corrected chi connectivity index (χ2v) is 3.92. The molecule has 0 aromatic rings. The predicted molar refractivity (Wildman–Crippen MR) is 53.5 cm³/mol. The van der Waals surface area contributed by atoms with Crippen molar-refractivity contribution >= 4 is 5.97 Å². The van der Waals surface area contributed by atoms with Gasteiger partial charge in [0.15, 0.2) is 0 Å². The second-order valence-electron chi connectivity index (χ2n) is 3.92. The molecule has 0 amide bonds. The number of hydrogen-bond acceptors (Lipinski definition) is 2. The number of carbonyl (C=O) groups is 1. The molecule has 0 spiro atoms. The molecule has 0 rings (SSSR count). The first-order valence-electron chi connectivity index (χ1n) is 4.97. The summed E-state index contributed by atoms with van der Waals surface area (Å²) in [6, 6.07) is -0.209. The van der Waals surface area contributed by atoms with Crippen molar-refractivity contribution in [1.82, 2.24) is 0 Å². The molecule has 3 nitrogen and oxygen atoms in total. The van der Waals surface area contributed by atoms with E-state index in [9.17, 15) is 4.79 Å². The minimum atomic E-state index is -0.795. The topological polar surface area (TPSA) is 63.3 Å². The van der Waals surface area contributed by atoms with E-state index in [4.69, 9.17) is 10.8 Å². The highest BCUT2D eigenvalue weighted by Crippen LogP contribution is 2.15. The van der Waals surface area contributed by atoms with Crippen molar-refractivity contribution in [1.29, 1.82) is 0 Å². The predicted octanol–water partition coefficient (Wildman–Crippen LogP) is 1.86. The minimum absolute atomic E-state index is 0.209. The molecule has 0 aliphatic carbocycles. The van der Waals surface area contributed by atoms with Gasteiger partial charge < -0.3 is 10.8 Å². The maximum absolute atomic E-state index is 10.6. The van der Waals surface area contributed by atoms with E-state index in [2.05, 4.69) is 13.8 Å². The van der Waals surface area contributed by atoms with Crippen LogP contribution in [0.2, 0.25) is 0 Å². The average Bonchev–Trinajstić information content (AvgIpc) is 2.03. The van der Waals surface area contributed by atoms with Crippen LogP contribution in [-0.4, -0.2) is 17.1 Å². The third-order valence-electron chi connectivity index (χ3n) is 2.49. The van der Waals surface area contributed by atoms with Crippen LogP contribution in [0.5, 0.6) is 0 Å². The van der Waals surface area contributed by atoms with E-state index in [1.807, 2.05) is 0 Å². The van der Waals surface area contributed by atoms with Gasteiger partial charge in [0.2, 0.25) is 0 Å². The Balaban J connectivity index is 3.84. The molecule has 13 heavy (non-hydrogen) atoms. The lowest BCUT2D eigenvalue weighted by Gasteiger charge is -2.19. The summed E-state index contributed by atoms with van der Waals surface area (Å²) < 4.78 is 0. The average molecular weight is 187 g/mol. The Bertz CT molecular complexity index is 159. The first-order valence-corrected chi connectivity index (χ1v) is 4.97. The minimum Gasteiger partial charge on any atom is -0.481 e. The molecular weight excluding hydrogens is 166 g/mol. The summed E-state index contributed by atoms with van der Waals surface area (Å²) in [4.78, 5) is 10.6. The van der Waals surface area contributed by atoms with Crippen molar-refractivity contribution in [3.63, 3.8) is 0 Å². The SMILES string of the molecule is CCC[C@@H](C)CC(N)C(C)C(=O)O. The van der Waals surface area contributed by atoms with Crippen LogP contribution in [0.1, 0.15) is 40.0 Å². The first-order chi connectivity index (χ1) is 5.99. The van der Waals surface area contributed by atoms with E-state index in [-0.39, 0.29) is 6.04 Å². The fraction of sp³-hybridized carbons (Fsp3) is 0.900. The maximum Gasteiger partial charge on any atom is 0.307 e. The number of rotatable bonds is 6. The van der Waals surface area contributed by atoms with E-state index < -0.39 is 11.9 Å². The zero-order valence-corrected chi connectivity index (χ0v) is 8.79. The quantitative estimate of drug-likeness (QED) is 0.667. The summed E-state index contributed by atoms with van der Waals surface area (Å²) in [5, 5.41) is 8.72. The van der Waals surface area contributed by atoms with Crippen molar-refractivity contribution in [3.8, 4) is 0 Å². The normalized spacial score (nSPS) is 17.8. The summed E-state index contributed by atoms with van der Waals surface area (Å²) >= 11 is 0. The van der Waals surface area contributed by atoms with Gasteiger partial charge in [-0.25, -0.2) is 0 Å². The number of hydrogen-bond donors (Lipinski definition) is 2. The van der Waals surface area contributed by atoms with Crippen LogP contribution in [0.25, 0.3) is 0 Å². The molecule has 2 unspecified atom stereocenters. The summed E-state index contributed by atoms with van der Waals surface area (Å²) in [7, 11) is 0. The van der Waals surface area contributed by atoms with Gasteiger partial charge in [-0.3, -0.25) is 4.79 Å². The molecule has 0 fully saturated rings. The third kappa shape index (κ3) is 4.88. The Labute approximate surface area is 80.3 Å². The lowest BCUT2D eigenvalue weighted by molar-refractivity contribution is -0.141. The number of carboxylic acid groups (broad SMARTS) is 1. The third-order valence-corrected chi connectivity index (χ3v) is 2.49. The van der Waals surface area contributed by atoms with Gasteiger partial charge in [0.05, 0.1) is 5.92 Å². The highest BCUT2D eigenvalue weighted by molar-refractivity contribution is 5.70. The van der Waals surface area contributed by atoms with Crippen molar-refractivity contribution in [3.05, 3.63) is 0 Å². The van der Waals surface area contributed by atoms with Crippen LogP contribution in [0.4, 0.5) is 0 Å². The zero-order valence-electron chi connectivity index (χ0n) is 8.79. The second kappa shape index (κ2) is 5.97. The zero-order chi connectivity index (χ0) is 10.4. The fourth-order valence-corrected chi connectivity index (χ4v) is 1.46. The van der Waals surface area contributed by atoms with Crippen LogP contribution < -0.4 is 5.73 Å². The van der Waals surface area contributed by atoms with Crippen molar-refractivity contribution in [2.24, 2.45) is 17.6 Å². The largest absolute Gasteiger partial charge is 0.481 e. The molecule has 0 aliphatic heterocycles.